The zero-order valence-electron chi connectivity index (χ0n) is 16.8. The van der Waals surface area contributed by atoms with Gasteiger partial charge < -0.3 is 10.1 Å². The number of aryl methyl sites for hydroxylation is 3. The van der Waals surface area contributed by atoms with E-state index in [-0.39, 0.29) is 11.3 Å². The molecule has 29 heavy (non-hydrogen) atoms. The molecule has 0 aromatic heterocycles. The highest BCUT2D eigenvalue weighted by Gasteiger charge is 2.16. The second-order valence-corrected chi connectivity index (χ2v) is 8.42. The number of ether oxygens (including phenoxy) is 1. The normalized spacial score (nSPS) is 11.1. The van der Waals surface area contributed by atoms with Gasteiger partial charge in [0.2, 0.25) is 10.0 Å². The van der Waals surface area contributed by atoms with Crippen LogP contribution in [0.3, 0.4) is 0 Å². The lowest BCUT2D eigenvalue weighted by Gasteiger charge is -2.11. The van der Waals surface area contributed by atoms with Crippen molar-refractivity contribution in [3.8, 4) is 0 Å². The van der Waals surface area contributed by atoms with Crippen LogP contribution in [0.4, 0.5) is 5.69 Å². The predicted octanol–water partition coefficient (Wildman–Crippen LogP) is 2.58. The maximum Gasteiger partial charge on any atom is 0.306 e. The number of carbonyl (C=O) groups excluding carboxylic acids is 2. The van der Waals surface area contributed by atoms with Gasteiger partial charge in [-0.1, -0.05) is 37.3 Å². The van der Waals surface area contributed by atoms with Gasteiger partial charge in [-0.3, -0.25) is 9.59 Å². The van der Waals surface area contributed by atoms with Gasteiger partial charge in [-0.25, -0.2) is 13.1 Å². The Morgan fingerprint density at radius 2 is 1.69 bits per heavy atom. The lowest BCUT2D eigenvalue weighted by Crippen LogP contribution is -2.22. The van der Waals surface area contributed by atoms with Gasteiger partial charge in [0.15, 0.2) is 6.61 Å². The van der Waals surface area contributed by atoms with E-state index in [1.165, 1.54) is 18.7 Å². The predicted molar refractivity (Wildman–Crippen MR) is 111 cm³/mol. The van der Waals surface area contributed by atoms with Gasteiger partial charge in [0.05, 0.1) is 4.90 Å². The molecule has 0 fully saturated rings. The number of rotatable bonds is 9. The van der Waals surface area contributed by atoms with Crippen molar-refractivity contribution in [1.29, 1.82) is 0 Å². The molecule has 0 heterocycles. The number of anilines is 1. The van der Waals surface area contributed by atoms with Crippen molar-refractivity contribution in [2.45, 2.75) is 38.0 Å². The van der Waals surface area contributed by atoms with Gasteiger partial charge in [-0.05, 0) is 55.6 Å². The monoisotopic (exact) mass is 418 g/mol. The Balaban J connectivity index is 1.84. The van der Waals surface area contributed by atoms with E-state index in [1.807, 2.05) is 24.3 Å². The third-order valence-corrected chi connectivity index (χ3v) is 6.00. The van der Waals surface area contributed by atoms with Gasteiger partial charge >= 0.3 is 5.97 Å². The maximum absolute atomic E-state index is 12.0. The molecule has 1 amide bonds. The Kier molecular flexibility index (Phi) is 7.92. The van der Waals surface area contributed by atoms with E-state index in [0.29, 0.717) is 17.7 Å². The molecule has 0 aliphatic heterocycles. The van der Waals surface area contributed by atoms with Gasteiger partial charge in [0.1, 0.15) is 0 Å². The zero-order valence-corrected chi connectivity index (χ0v) is 17.6. The highest BCUT2D eigenvalue weighted by Crippen LogP contribution is 2.20. The first-order chi connectivity index (χ1) is 13.7. The molecular formula is C21H26N2O5S. The number of benzene rings is 2. The van der Waals surface area contributed by atoms with Crippen molar-refractivity contribution in [2.24, 2.45) is 0 Å². The molecule has 2 N–H and O–H groups in total. The molecule has 0 spiro atoms. The van der Waals surface area contributed by atoms with Crippen LogP contribution in [0.5, 0.6) is 0 Å². The topological polar surface area (TPSA) is 102 Å². The maximum atomic E-state index is 12.0. The summed E-state index contributed by atoms with van der Waals surface area (Å²) in [6, 6.07) is 12.6. The molecule has 0 aliphatic carbocycles. The molecule has 156 valence electrons. The SMILES string of the molecule is CCc1ccc(CCC(=O)OCC(=O)Nc2ccc(C)c(S(=O)(=O)NC)c2)cc1. The molecule has 2 rings (SSSR count). The van der Waals surface area contributed by atoms with Crippen molar-refractivity contribution in [3.63, 3.8) is 0 Å². The Bertz CT molecular complexity index is 969. The van der Waals surface area contributed by atoms with Crippen LogP contribution in [0.2, 0.25) is 0 Å². The largest absolute Gasteiger partial charge is 0.456 e. The molecule has 0 aliphatic rings. The van der Waals surface area contributed by atoms with Crippen LogP contribution in [-0.4, -0.2) is 33.9 Å². The van der Waals surface area contributed by atoms with Crippen molar-refractivity contribution in [3.05, 3.63) is 59.2 Å². The fourth-order valence-electron chi connectivity index (χ4n) is 2.68. The fraction of sp³-hybridized carbons (Fsp3) is 0.333. The number of sulfonamides is 1. The van der Waals surface area contributed by atoms with E-state index in [2.05, 4.69) is 17.0 Å². The molecule has 0 unspecified atom stereocenters. The van der Waals surface area contributed by atoms with E-state index < -0.39 is 28.5 Å². The summed E-state index contributed by atoms with van der Waals surface area (Å²) in [5, 5.41) is 2.54. The summed E-state index contributed by atoms with van der Waals surface area (Å²) in [6.07, 6.45) is 1.67. The van der Waals surface area contributed by atoms with Crippen molar-refractivity contribution in [2.75, 3.05) is 19.0 Å². The van der Waals surface area contributed by atoms with Crippen molar-refractivity contribution < 1.29 is 22.7 Å². The van der Waals surface area contributed by atoms with Gasteiger partial charge in [-0.15, -0.1) is 0 Å². The summed E-state index contributed by atoms with van der Waals surface area (Å²) < 4.78 is 31.3. The zero-order chi connectivity index (χ0) is 21.4. The second kappa shape index (κ2) is 10.2. The Morgan fingerprint density at radius 1 is 1.03 bits per heavy atom. The number of amides is 1. The van der Waals surface area contributed by atoms with Gasteiger partial charge in [0, 0.05) is 12.1 Å². The lowest BCUT2D eigenvalue weighted by atomic mass is 10.1. The fourth-order valence-corrected chi connectivity index (χ4v) is 3.67. The molecular weight excluding hydrogens is 392 g/mol. The first kappa shape index (κ1) is 22.6. The molecule has 0 radical (unpaired) electrons. The average molecular weight is 419 g/mol. The first-order valence-corrected chi connectivity index (χ1v) is 10.8. The molecule has 0 saturated carbocycles. The van der Waals surface area contributed by atoms with Crippen LogP contribution in [0.1, 0.15) is 30.0 Å². The standard InChI is InChI=1S/C21H26N2O5S/c1-4-16-6-8-17(9-7-16)10-12-21(25)28-14-20(24)23-18-11-5-15(2)19(13-18)29(26,27)22-3/h5-9,11,13,22H,4,10,12,14H2,1-3H3,(H,23,24). The molecule has 2 aromatic rings. The molecule has 2 aromatic carbocycles. The summed E-state index contributed by atoms with van der Waals surface area (Å²) in [7, 11) is -2.32. The van der Waals surface area contributed by atoms with Crippen LogP contribution in [-0.2, 0) is 37.2 Å². The van der Waals surface area contributed by atoms with Crippen LogP contribution in [0.25, 0.3) is 0 Å². The smallest absolute Gasteiger partial charge is 0.306 e. The Labute approximate surface area is 171 Å². The third kappa shape index (κ3) is 6.69. The molecule has 0 atom stereocenters. The van der Waals surface area contributed by atoms with E-state index in [1.54, 1.807) is 19.1 Å². The van der Waals surface area contributed by atoms with Crippen LogP contribution in [0, 0.1) is 6.92 Å². The van der Waals surface area contributed by atoms with Gasteiger partial charge in [-0.2, -0.15) is 0 Å². The van der Waals surface area contributed by atoms with Crippen molar-refractivity contribution >= 4 is 27.6 Å². The summed E-state index contributed by atoms with van der Waals surface area (Å²) in [5.41, 5.74) is 3.12. The average Bonchev–Trinajstić information content (AvgIpc) is 2.72. The molecule has 0 saturated heterocycles. The molecule has 0 bridgehead atoms. The quantitative estimate of drug-likeness (QED) is 0.610. The van der Waals surface area contributed by atoms with Crippen LogP contribution in [0.15, 0.2) is 47.4 Å². The summed E-state index contributed by atoms with van der Waals surface area (Å²) in [4.78, 5) is 24.0. The molecule has 8 heteroatoms. The molecule has 7 nitrogen and oxygen atoms in total. The number of esters is 1. The van der Waals surface area contributed by atoms with Crippen LogP contribution >= 0.6 is 0 Å². The highest BCUT2D eigenvalue weighted by molar-refractivity contribution is 7.89. The number of nitrogens with one attached hydrogen (secondary N) is 2. The number of carbonyl (C=O) groups is 2. The number of hydrogen-bond acceptors (Lipinski definition) is 5. The summed E-state index contributed by atoms with van der Waals surface area (Å²) in [6.45, 7) is 3.30. The minimum atomic E-state index is -3.64. The Hall–Kier alpha value is -2.71. The van der Waals surface area contributed by atoms with Crippen LogP contribution < -0.4 is 10.0 Å². The van der Waals surface area contributed by atoms with E-state index in [0.717, 1.165) is 12.0 Å². The van der Waals surface area contributed by atoms with E-state index in [9.17, 15) is 18.0 Å². The summed E-state index contributed by atoms with van der Waals surface area (Å²) >= 11 is 0. The third-order valence-electron chi connectivity index (χ3n) is 4.44. The highest BCUT2D eigenvalue weighted by atomic mass is 32.2. The minimum Gasteiger partial charge on any atom is -0.456 e. The lowest BCUT2D eigenvalue weighted by molar-refractivity contribution is -0.147. The van der Waals surface area contributed by atoms with Crippen molar-refractivity contribution in [1.82, 2.24) is 4.72 Å². The second-order valence-electron chi connectivity index (χ2n) is 6.57. The Morgan fingerprint density at radius 3 is 2.31 bits per heavy atom. The van der Waals surface area contributed by atoms with Gasteiger partial charge in [0.25, 0.3) is 5.91 Å². The van der Waals surface area contributed by atoms with E-state index in [4.69, 9.17) is 4.74 Å². The minimum absolute atomic E-state index is 0.0730. The first-order valence-electron chi connectivity index (χ1n) is 9.32. The van der Waals surface area contributed by atoms with E-state index >= 15 is 0 Å². The number of hydrogen-bond donors (Lipinski definition) is 2. The summed E-state index contributed by atoms with van der Waals surface area (Å²) in [5.74, 6) is -1.01.